The van der Waals surface area contributed by atoms with Crippen LogP contribution in [0, 0.1) is 0 Å². The van der Waals surface area contributed by atoms with Gasteiger partial charge in [-0.25, -0.2) is 14.5 Å². The maximum absolute atomic E-state index is 6.11. The fourth-order valence-corrected chi connectivity index (χ4v) is 4.19. The maximum Gasteiger partial charge on any atom is 0.214 e. The van der Waals surface area contributed by atoms with Gasteiger partial charge in [-0.1, -0.05) is 18.2 Å². The minimum Gasteiger partial charge on any atom is -0.471 e. The summed E-state index contributed by atoms with van der Waals surface area (Å²) in [6.07, 6.45) is 5.40. The van der Waals surface area contributed by atoms with E-state index in [-0.39, 0.29) is 6.61 Å². The summed E-state index contributed by atoms with van der Waals surface area (Å²) in [5.74, 6) is 0.559. The highest BCUT2D eigenvalue weighted by Crippen LogP contribution is 2.30. The van der Waals surface area contributed by atoms with Crippen LogP contribution in [0.5, 0.6) is 5.88 Å². The Morgan fingerprint density at radius 2 is 1.82 bits per heavy atom. The van der Waals surface area contributed by atoms with Gasteiger partial charge in [-0.05, 0) is 30.3 Å². The first-order chi connectivity index (χ1) is 16.4. The quantitative estimate of drug-likeness (QED) is 0.413. The second-order valence-electron chi connectivity index (χ2n) is 7.83. The van der Waals surface area contributed by atoms with E-state index in [1.165, 1.54) is 0 Å². The third kappa shape index (κ3) is 3.74. The first kappa shape index (κ1) is 19.6. The summed E-state index contributed by atoms with van der Waals surface area (Å²) in [5, 5.41) is 5.70. The number of para-hydroxylation sites is 1. The number of imidazole rings is 1. The van der Waals surface area contributed by atoms with Gasteiger partial charge in [-0.3, -0.25) is 4.98 Å². The molecule has 0 N–H and O–H groups in total. The van der Waals surface area contributed by atoms with Crippen LogP contribution in [0.25, 0.3) is 27.8 Å². The van der Waals surface area contributed by atoms with Crippen molar-refractivity contribution >= 4 is 22.2 Å². The van der Waals surface area contributed by atoms with E-state index < -0.39 is 0 Å². The van der Waals surface area contributed by atoms with Gasteiger partial charge in [0.05, 0.1) is 30.6 Å². The highest BCUT2D eigenvalue weighted by atomic mass is 16.5. The number of hydrogen-bond acceptors (Lipinski definition) is 7. The van der Waals surface area contributed by atoms with Crippen LogP contribution in [0.1, 0.15) is 5.69 Å². The van der Waals surface area contributed by atoms with Crippen molar-refractivity contribution in [3.63, 3.8) is 0 Å². The van der Waals surface area contributed by atoms with Crippen LogP contribution in [0.15, 0.2) is 73.2 Å². The molecule has 8 nitrogen and oxygen atoms in total. The minimum absolute atomic E-state index is 0.265. The molecule has 8 heteroatoms. The van der Waals surface area contributed by atoms with Crippen molar-refractivity contribution in [2.24, 2.45) is 0 Å². The standard InChI is InChI=1S/C25H22N6O2/c1-2-6-20-18(4-1)7-8-23(28-20)33-17-21-24(19-5-3-10-26-16-19)31-25(29-21)22(9-11-27-31)30-12-14-32-15-13-30/h1-11,16H,12-15,17H2. The molecule has 1 fully saturated rings. The first-order valence-corrected chi connectivity index (χ1v) is 11.0. The van der Waals surface area contributed by atoms with Crippen molar-refractivity contribution < 1.29 is 9.47 Å². The molecule has 1 saturated heterocycles. The summed E-state index contributed by atoms with van der Waals surface area (Å²) in [7, 11) is 0. The van der Waals surface area contributed by atoms with Gasteiger partial charge in [0.15, 0.2) is 5.65 Å². The van der Waals surface area contributed by atoms with Crippen molar-refractivity contribution in [3.05, 3.63) is 78.9 Å². The van der Waals surface area contributed by atoms with Crippen LogP contribution >= 0.6 is 0 Å². The second-order valence-corrected chi connectivity index (χ2v) is 7.83. The van der Waals surface area contributed by atoms with E-state index >= 15 is 0 Å². The third-order valence-corrected chi connectivity index (χ3v) is 5.79. The van der Waals surface area contributed by atoms with Crippen LogP contribution in [-0.4, -0.2) is 50.9 Å². The van der Waals surface area contributed by atoms with Crippen molar-refractivity contribution in [2.45, 2.75) is 6.61 Å². The van der Waals surface area contributed by atoms with E-state index in [9.17, 15) is 0 Å². The number of nitrogens with zero attached hydrogens (tertiary/aromatic N) is 6. The van der Waals surface area contributed by atoms with E-state index in [1.807, 2.05) is 71.5 Å². The molecule has 0 spiro atoms. The normalized spacial score (nSPS) is 14.1. The Hall–Kier alpha value is -4.04. The molecule has 164 valence electrons. The average Bonchev–Trinajstić information content (AvgIpc) is 3.27. The number of anilines is 1. The van der Waals surface area contributed by atoms with Gasteiger partial charge < -0.3 is 14.4 Å². The largest absolute Gasteiger partial charge is 0.471 e. The summed E-state index contributed by atoms with van der Waals surface area (Å²) in [5.41, 5.74) is 5.31. The SMILES string of the molecule is c1cncc(-c2c(COc3ccc4ccccc4n3)nc3c(N4CCOCC4)ccnn23)c1. The number of rotatable bonds is 5. The fraction of sp³-hybridized carbons (Fsp3) is 0.200. The molecule has 0 saturated carbocycles. The highest BCUT2D eigenvalue weighted by Gasteiger charge is 2.22. The van der Waals surface area contributed by atoms with Gasteiger partial charge in [-0.15, -0.1) is 0 Å². The van der Waals surface area contributed by atoms with E-state index in [2.05, 4.69) is 20.0 Å². The molecular weight excluding hydrogens is 416 g/mol. The van der Waals surface area contributed by atoms with Crippen molar-refractivity contribution in [1.82, 2.24) is 24.6 Å². The topological polar surface area (TPSA) is 77.7 Å². The molecule has 1 aromatic carbocycles. The zero-order valence-corrected chi connectivity index (χ0v) is 18.0. The predicted molar refractivity (Wildman–Crippen MR) is 125 cm³/mol. The van der Waals surface area contributed by atoms with Gasteiger partial charge >= 0.3 is 0 Å². The Bertz CT molecular complexity index is 1410. The van der Waals surface area contributed by atoms with Crippen LogP contribution in [0.4, 0.5) is 5.69 Å². The van der Waals surface area contributed by atoms with E-state index in [1.54, 1.807) is 6.20 Å². The Kier molecular flexibility index (Phi) is 5.04. The molecule has 5 heterocycles. The molecule has 0 aliphatic carbocycles. The van der Waals surface area contributed by atoms with E-state index in [0.29, 0.717) is 19.1 Å². The van der Waals surface area contributed by atoms with Gasteiger partial charge in [0, 0.05) is 42.5 Å². The Morgan fingerprint density at radius 1 is 0.909 bits per heavy atom. The lowest BCUT2D eigenvalue weighted by Gasteiger charge is -2.28. The Morgan fingerprint density at radius 3 is 2.70 bits per heavy atom. The summed E-state index contributed by atoms with van der Waals surface area (Å²) < 4.78 is 13.5. The van der Waals surface area contributed by atoms with Gasteiger partial charge in [0.25, 0.3) is 0 Å². The van der Waals surface area contributed by atoms with Crippen LogP contribution in [-0.2, 0) is 11.3 Å². The Labute approximate surface area is 190 Å². The molecule has 33 heavy (non-hydrogen) atoms. The number of morpholine rings is 1. The number of ether oxygens (including phenoxy) is 2. The molecule has 0 radical (unpaired) electrons. The van der Waals surface area contributed by atoms with Crippen molar-refractivity contribution in [1.29, 1.82) is 0 Å². The molecule has 0 unspecified atom stereocenters. The summed E-state index contributed by atoms with van der Waals surface area (Å²) in [6, 6.07) is 17.8. The first-order valence-electron chi connectivity index (χ1n) is 11.0. The number of aromatic nitrogens is 5. The minimum atomic E-state index is 0.265. The lowest BCUT2D eigenvalue weighted by Crippen LogP contribution is -2.36. The number of pyridine rings is 2. The summed E-state index contributed by atoms with van der Waals surface area (Å²) in [4.78, 5) is 16.2. The second kappa shape index (κ2) is 8.48. The molecule has 4 aromatic heterocycles. The molecule has 1 aliphatic rings. The van der Waals surface area contributed by atoms with Gasteiger partial charge in [-0.2, -0.15) is 5.10 Å². The highest BCUT2D eigenvalue weighted by molar-refractivity contribution is 5.79. The maximum atomic E-state index is 6.11. The number of hydrogen-bond donors (Lipinski definition) is 0. The van der Waals surface area contributed by atoms with Crippen molar-refractivity contribution in [2.75, 3.05) is 31.2 Å². The van der Waals surface area contributed by atoms with Crippen molar-refractivity contribution in [3.8, 4) is 17.1 Å². The monoisotopic (exact) mass is 438 g/mol. The zero-order valence-electron chi connectivity index (χ0n) is 18.0. The molecule has 0 bridgehead atoms. The number of fused-ring (bicyclic) bond motifs is 2. The van der Waals surface area contributed by atoms with E-state index in [0.717, 1.165) is 52.3 Å². The molecule has 0 atom stereocenters. The third-order valence-electron chi connectivity index (χ3n) is 5.79. The van der Waals surface area contributed by atoms with Crippen LogP contribution < -0.4 is 9.64 Å². The van der Waals surface area contributed by atoms with Gasteiger partial charge in [0.2, 0.25) is 5.88 Å². The molecule has 5 aromatic rings. The molecule has 0 amide bonds. The van der Waals surface area contributed by atoms with Crippen LogP contribution in [0.2, 0.25) is 0 Å². The van der Waals surface area contributed by atoms with E-state index in [4.69, 9.17) is 14.5 Å². The van der Waals surface area contributed by atoms with Crippen LogP contribution in [0.3, 0.4) is 0 Å². The lowest BCUT2D eigenvalue weighted by atomic mass is 10.2. The fourth-order valence-electron chi connectivity index (χ4n) is 4.19. The predicted octanol–water partition coefficient (Wildman–Crippen LogP) is 3.76. The number of benzene rings is 1. The zero-order chi connectivity index (χ0) is 22.0. The molecule has 1 aliphatic heterocycles. The molecular formula is C25H22N6O2. The smallest absolute Gasteiger partial charge is 0.214 e. The lowest BCUT2D eigenvalue weighted by molar-refractivity contribution is 0.123. The molecule has 6 rings (SSSR count). The summed E-state index contributed by atoms with van der Waals surface area (Å²) in [6.45, 7) is 3.31. The average molecular weight is 438 g/mol. The Balaban J connectivity index is 1.41. The summed E-state index contributed by atoms with van der Waals surface area (Å²) >= 11 is 0. The van der Waals surface area contributed by atoms with Gasteiger partial charge in [0.1, 0.15) is 18.0 Å².